The molecule has 4 nitrogen and oxygen atoms in total. The van der Waals surface area contributed by atoms with Crippen LogP contribution in [0.5, 0.6) is 0 Å². The van der Waals surface area contributed by atoms with E-state index in [1.807, 2.05) is 24.4 Å². The molecule has 1 atom stereocenters. The number of hydrogen-bond donors (Lipinski definition) is 2. The summed E-state index contributed by atoms with van der Waals surface area (Å²) in [6, 6.07) is 8.42. The third-order valence-electron chi connectivity index (χ3n) is 3.14. The highest BCUT2D eigenvalue weighted by Crippen LogP contribution is 2.25. The summed E-state index contributed by atoms with van der Waals surface area (Å²) in [4.78, 5) is 1.27. The van der Waals surface area contributed by atoms with Gasteiger partial charge in [0.05, 0.1) is 10.9 Å². The number of benzene rings is 1. The minimum absolute atomic E-state index is 0.196. The molecule has 0 aliphatic heterocycles. The summed E-state index contributed by atoms with van der Waals surface area (Å²) in [6.07, 6.45) is 0.702. The molecule has 0 amide bonds. The average Bonchev–Trinajstić information content (AvgIpc) is 2.93. The molecular formula is C14H18N2O2S2. The van der Waals surface area contributed by atoms with Gasteiger partial charge in [-0.25, -0.2) is 13.1 Å². The monoisotopic (exact) mass is 310 g/mol. The Hall–Kier alpha value is -1.37. The van der Waals surface area contributed by atoms with Crippen LogP contribution >= 0.6 is 11.3 Å². The molecule has 1 aromatic carbocycles. The van der Waals surface area contributed by atoms with Crippen LogP contribution < -0.4 is 10.5 Å². The number of hydrogen-bond acceptors (Lipinski definition) is 4. The Morgan fingerprint density at radius 1 is 1.35 bits per heavy atom. The van der Waals surface area contributed by atoms with Crippen LogP contribution in [0.15, 0.2) is 40.6 Å². The van der Waals surface area contributed by atoms with Crippen molar-refractivity contribution in [2.45, 2.75) is 31.2 Å². The minimum Gasteiger partial charge on any atom is -0.399 e. The van der Waals surface area contributed by atoms with E-state index in [9.17, 15) is 8.42 Å². The lowest BCUT2D eigenvalue weighted by molar-refractivity contribution is 0.553. The van der Waals surface area contributed by atoms with Crippen LogP contribution in [-0.2, 0) is 10.0 Å². The molecule has 108 valence electrons. The average molecular weight is 310 g/mol. The molecule has 6 heteroatoms. The highest BCUT2D eigenvalue weighted by atomic mass is 32.2. The normalized spacial score (nSPS) is 13.3. The molecule has 1 unspecified atom stereocenters. The van der Waals surface area contributed by atoms with Crippen LogP contribution in [0.3, 0.4) is 0 Å². The van der Waals surface area contributed by atoms with E-state index in [0.29, 0.717) is 12.1 Å². The number of nitrogens with two attached hydrogens (primary N) is 1. The van der Waals surface area contributed by atoms with E-state index in [4.69, 9.17) is 5.73 Å². The Morgan fingerprint density at radius 2 is 2.10 bits per heavy atom. The highest BCUT2D eigenvalue weighted by molar-refractivity contribution is 7.89. The Kier molecular flexibility index (Phi) is 4.47. The fourth-order valence-corrected chi connectivity index (χ4v) is 4.22. The molecule has 0 spiro atoms. The van der Waals surface area contributed by atoms with E-state index >= 15 is 0 Å². The maximum Gasteiger partial charge on any atom is 0.241 e. The topological polar surface area (TPSA) is 72.2 Å². The zero-order valence-corrected chi connectivity index (χ0v) is 13.1. The molecule has 0 aliphatic rings. The predicted octanol–water partition coefficient (Wildman–Crippen LogP) is 3.07. The second-order valence-electron chi connectivity index (χ2n) is 4.62. The van der Waals surface area contributed by atoms with Crippen LogP contribution in [0.25, 0.3) is 0 Å². The molecule has 1 heterocycles. The fourth-order valence-electron chi connectivity index (χ4n) is 1.90. The second-order valence-corrected chi connectivity index (χ2v) is 7.31. The van der Waals surface area contributed by atoms with Gasteiger partial charge in [-0.1, -0.05) is 13.0 Å². The quantitative estimate of drug-likeness (QED) is 0.834. The highest BCUT2D eigenvalue weighted by Gasteiger charge is 2.21. The van der Waals surface area contributed by atoms with Gasteiger partial charge in [-0.2, -0.15) is 0 Å². The van der Waals surface area contributed by atoms with Crippen molar-refractivity contribution in [3.05, 3.63) is 46.2 Å². The van der Waals surface area contributed by atoms with Crippen LogP contribution in [0.2, 0.25) is 0 Å². The van der Waals surface area contributed by atoms with Crippen molar-refractivity contribution in [2.24, 2.45) is 0 Å². The van der Waals surface area contributed by atoms with Crippen LogP contribution in [0.1, 0.15) is 29.8 Å². The van der Waals surface area contributed by atoms with Crippen molar-refractivity contribution in [3.63, 3.8) is 0 Å². The summed E-state index contributed by atoms with van der Waals surface area (Å²) in [7, 11) is -3.54. The predicted molar refractivity (Wildman–Crippen MR) is 83.3 cm³/mol. The lowest BCUT2D eigenvalue weighted by atomic mass is 10.2. The molecule has 3 N–H and O–H groups in total. The van der Waals surface area contributed by atoms with E-state index in [1.54, 1.807) is 30.4 Å². The van der Waals surface area contributed by atoms with Gasteiger partial charge in [0.15, 0.2) is 0 Å². The number of nitrogen functional groups attached to an aromatic ring is 1. The molecule has 0 bridgehead atoms. The standard InChI is InChI=1S/C14H18N2O2S2/c1-3-13(14-5-4-8-19-14)16-20(17,18)11-6-7-12(15)10(2)9-11/h4-9,13,16H,3,15H2,1-2H3. The number of nitrogens with one attached hydrogen (secondary N) is 1. The third kappa shape index (κ3) is 3.20. The number of sulfonamides is 1. The molecule has 0 radical (unpaired) electrons. The van der Waals surface area contributed by atoms with Gasteiger partial charge in [0.2, 0.25) is 10.0 Å². The summed E-state index contributed by atoms with van der Waals surface area (Å²) in [5.41, 5.74) is 7.08. The van der Waals surface area contributed by atoms with E-state index in [0.717, 1.165) is 10.4 Å². The van der Waals surface area contributed by atoms with Gasteiger partial charge in [-0.05, 0) is 48.6 Å². The van der Waals surface area contributed by atoms with Crippen LogP contribution in [-0.4, -0.2) is 8.42 Å². The number of anilines is 1. The van der Waals surface area contributed by atoms with Gasteiger partial charge >= 0.3 is 0 Å². The molecule has 0 fully saturated rings. The van der Waals surface area contributed by atoms with Crippen molar-refractivity contribution in [1.82, 2.24) is 4.72 Å². The summed E-state index contributed by atoms with van der Waals surface area (Å²) in [5, 5.41) is 1.94. The molecule has 0 saturated heterocycles. The van der Waals surface area contributed by atoms with Crippen molar-refractivity contribution in [2.75, 3.05) is 5.73 Å². The first-order valence-corrected chi connectivity index (χ1v) is 8.72. The van der Waals surface area contributed by atoms with Crippen LogP contribution in [0.4, 0.5) is 5.69 Å². The van der Waals surface area contributed by atoms with Crippen molar-refractivity contribution in [3.8, 4) is 0 Å². The van der Waals surface area contributed by atoms with E-state index in [1.165, 1.54) is 6.07 Å². The Labute approximate surface area is 123 Å². The summed E-state index contributed by atoms with van der Waals surface area (Å²) in [6.45, 7) is 3.76. The molecular weight excluding hydrogens is 292 g/mol. The van der Waals surface area contributed by atoms with Gasteiger partial charge in [0.1, 0.15) is 0 Å². The summed E-state index contributed by atoms with van der Waals surface area (Å²) >= 11 is 1.55. The van der Waals surface area contributed by atoms with Gasteiger partial charge in [0.25, 0.3) is 0 Å². The summed E-state index contributed by atoms with van der Waals surface area (Å²) in [5.74, 6) is 0. The molecule has 20 heavy (non-hydrogen) atoms. The maximum absolute atomic E-state index is 12.4. The lowest BCUT2D eigenvalue weighted by Gasteiger charge is -2.16. The number of rotatable bonds is 5. The van der Waals surface area contributed by atoms with Crippen LogP contribution in [0, 0.1) is 6.92 Å². The smallest absolute Gasteiger partial charge is 0.241 e. The first-order chi connectivity index (χ1) is 9.44. The Morgan fingerprint density at radius 3 is 2.65 bits per heavy atom. The van der Waals surface area contributed by atoms with Crippen molar-refractivity contribution < 1.29 is 8.42 Å². The third-order valence-corrected chi connectivity index (χ3v) is 5.60. The zero-order chi connectivity index (χ0) is 14.8. The van der Waals surface area contributed by atoms with E-state index in [2.05, 4.69) is 4.72 Å². The zero-order valence-electron chi connectivity index (χ0n) is 11.5. The second kappa shape index (κ2) is 5.95. The van der Waals surface area contributed by atoms with Crippen molar-refractivity contribution >= 4 is 27.0 Å². The van der Waals surface area contributed by atoms with Gasteiger partial charge < -0.3 is 5.73 Å². The maximum atomic E-state index is 12.4. The van der Waals surface area contributed by atoms with Gasteiger partial charge in [-0.15, -0.1) is 11.3 Å². The fraction of sp³-hybridized carbons (Fsp3) is 0.286. The molecule has 0 saturated carbocycles. The first kappa shape index (κ1) is 15.0. The molecule has 2 aromatic rings. The summed E-state index contributed by atoms with van der Waals surface area (Å²) < 4.78 is 27.6. The largest absolute Gasteiger partial charge is 0.399 e. The number of thiophene rings is 1. The van der Waals surface area contributed by atoms with E-state index in [-0.39, 0.29) is 10.9 Å². The van der Waals surface area contributed by atoms with Gasteiger partial charge in [-0.3, -0.25) is 0 Å². The van der Waals surface area contributed by atoms with Gasteiger partial charge in [0, 0.05) is 10.6 Å². The lowest BCUT2D eigenvalue weighted by Crippen LogP contribution is -2.27. The molecule has 1 aromatic heterocycles. The molecule has 0 aliphatic carbocycles. The van der Waals surface area contributed by atoms with Crippen molar-refractivity contribution in [1.29, 1.82) is 0 Å². The van der Waals surface area contributed by atoms with E-state index < -0.39 is 10.0 Å². The number of aryl methyl sites for hydroxylation is 1. The first-order valence-electron chi connectivity index (χ1n) is 6.36. The molecule has 2 rings (SSSR count). The Bertz CT molecular complexity index is 679. The minimum atomic E-state index is -3.54. The Balaban J connectivity index is 2.28. The SMILES string of the molecule is CCC(NS(=O)(=O)c1ccc(N)c(C)c1)c1cccs1.